The molecule has 1 aliphatic rings. The molecule has 1 aliphatic heterocycles. The molecular weight excluding hydrogens is 556 g/mol. The van der Waals surface area contributed by atoms with E-state index in [1.807, 2.05) is 6.07 Å². The first-order valence-electron chi connectivity index (χ1n) is 13.7. The first-order valence-corrected chi connectivity index (χ1v) is 14.6. The topological polar surface area (TPSA) is 123 Å². The summed E-state index contributed by atoms with van der Waals surface area (Å²) in [6.45, 7) is 9.96. The van der Waals surface area contributed by atoms with Crippen LogP contribution < -0.4 is 9.64 Å². The summed E-state index contributed by atoms with van der Waals surface area (Å²) in [5, 5.41) is 11.9. The third-order valence-corrected chi connectivity index (χ3v) is 8.10. The lowest BCUT2D eigenvalue weighted by atomic mass is 9.96. The Morgan fingerprint density at radius 1 is 1.10 bits per heavy atom. The number of amides is 1. The first kappa shape index (κ1) is 29.0. The number of aromatic nitrogens is 3. The number of pyridine rings is 1. The SMILES string of the molecule is CCOC(=O)c1sc(N2C(=O)C(=O)C(=C(O)c3c(C)nc4ccccn34)C2c2cccc(OCCC(C)C)c2)nc1C. The van der Waals surface area contributed by atoms with Gasteiger partial charge in [0, 0.05) is 6.20 Å². The van der Waals surface area contributed by atoms with Crippen molar-refractivity contribution >= 4 is 45.5 Å². The van der Waals surface area contributed by atoms with Gasteiger partial charge in [0.15, 0.2) is 10.9 Å². The summed E-state index contributed by atoms with van der Waals surface area (Å²) in [6, 6.07) is 11.4. The van der Waals surface area contributed by atoms with Crippen molar-refractivity contribution in [1.29, 1.82) is 0 Å². The minimum atomic E-state index is -1.05. The smallest absolute Gasteiger partial charge is 0.350 e. The van der Waals surface area contributed by atoms with Crippen LogP contribution >= 0.6 is 11.3 Å². The van der Waals surface area contributed by atoms with Crippen LogP contribution in [0.15, 0.2) is 54.2 Å². The molecule has 0 spiro atoms. The number of esters is 1. The lowest BCUT2D eigenvalue weighted by Crippen LogP contribution is -2.29. The van der Waals surface area contributed by atoms with Crippen molar-refractivity contribution in [2.75, 3.05) is 18.1 Å². The average molecular weight is 589 g/mol. The normalized spacial score (nSPS) is 16.5. The maximum Gasteiger partial charge on any atom is 0.350 e. The van der Waals surface area contributed by atoms with Crippen LogP contribution in [0.2, 0.25) is 0 Å². The Bertz CT molecular complexity index is 1720. The fraction of sp³-hybridized carbons (Fsp3) is 0.323. The molecule has 42 heavy (non-hydrogen) atoms. The molecule has 4 heterocycles. The van der Waals surface area contributed by atoms with E-state index in [0.29, 0.717) is 46.6 Å². The number of hydrogen-bond donors (Lipinski definition) is 1. The highest BCUT2D eigenvalue weighted by atomic mass is 32.1. The summed E-state index contributed by atoms with van der Waals surface area (Å²) in [5.41, 5.74) is 2.17. The third-order valence-electron chi connectivity index (χ3n) is 6.96. The number of benzene rings is 1. The molecule has 1 fully saturated rings. The van der Waals surface area contributed by atoms with Crippen LogP contribution in [0.4, 0.5) is 5.13 Å². The summed E-state index contributed by atoms with van der Waals surface area (Å²) in [6.07, 6.45) is 2.58. The van der Waals surface area contributed by atoms with Crippen LogP contribution in [0.5, 0.6) is 5.75 Å². The number of carbonyl (C=O) groups is 3. The van der Waals surface area contributed by atoms with E-state index in [1.54, 1.807) is 67.8 Å². The Hall–Kier alpha value is -4.51. The highest BCUT2D eigenvalue weighted by molar-refractivity contribution is 7.17. The molecule has 0 radical (unpaired) electrons. The molecule has 5 rings (SSSR count). The van der Waals surface area contributed by atoms with Crippen molar-refractivity contribution in [3.05, 3.63) is 81.8 Å². The number of fused-ring (bicyclic) bond motifs is 1. The molecule has 1 saturated heterocycles. The predicted molar refractivity (Wildman–Crippen MR) is 159 cm³/mol. The number of ketones is 1. The zero-order chi connectivity index (χ0) is 30.1. The molecule has 218 valence electrons. The molecule has 1 N–H and O–H groups in total. The Morgan fingerprint density at radius 2 is 1.88 bits per heavy atom. The van der Waals surface area contributed by atoms with Crippen molar-refractivity contribution in [2.24, 2.45) is 5.92 Å². The average Bonchev–Trinajstić information content (AvgIpc) is 3.58. The highest BCUT2D eigenvalue weighted by Crippen LogP contribution is 2.44. The number of aliphatic hydroxyl groups is 1. The Kier molecular flexibility index (Phi) is 8.13. The Morgan fingerprint density at radius 3 is 2.62 bits per heavy atom. The maximum absolute atomic E-state index is 13.7. The lowest BCUT2D eigenvalue weighted by Gasteiger charge is -2.23. The van der Waals surface area contributed by atoms with Crippen molar-refractivity contribution in [3.63, 3.8) is 0 Å². The van der Waals surface area contributed by atoms with Gasteiger partial charge < -0.3 is 14.6 Å². The molecule has 1 unspecified atom stereocenters. The van der Waals surface area contributed by atoms with Gasteiger partial charge in [-0.3, -0.25) is 18.9 Å². The fourth-order valence-corrected chi connectivity index (χ4v) is 5.92. The zero-order valence-corrected chi connectivity index (χ0v) is 24.9. The van der Waals surface area contributed by atoms with Gasteiger partial charge in [-0.15, -0.1) is 0 Å². The second kappa shape index (κ2) is 11.8. The quantitative estimate of drug-likeness (QED) is 0.115. The van der Waals surface area contributed by atoms with E-state index in [9.17, 15) is 19.5 Å². The molecular formula is C31H32N4O6S. The van der Waals surface area contributed by atoms with Crippen LogP contribution in [-0.2, 0) is 14.3 Å². The van der Waals surface area contributed by atoms with Crippen molar-refractivity contribution in [1.82, 2.24) is 14.4 Å². The second-order valence-corrected chi connectivity index (χ2v) is 11.4. The lowest BCUT2D eigenvalue weighted by molar-refractivity contribution is -0.132. The van der Waals surface area contributed by atoms with Gasteiger partial charge in [-0.2, -0.15) is 0 Å². The number of hydrogen-bond acceptors (Lipinski definition) is 9. The van der Waals surface area contributed by atoms with Crippen LogP contribution in [0.3, 0.4) is 0 Å². The van der Waals surface area contributed by atoms with E-state index in [4.69, 9.17) is 9.47 Å². The van der Waals surface area contributed by atoms with Gasteiger partial charge in [-0.1, -0.05) is 43.4 Å². The molecule has 10 nitrogen and oxygen atoms in total. The van der Waals surface area contributed by atoms with Gasteiger partial charge >= 0.3 is 11.9 Å². The number of aliphatic hydroxyl groups excluding tert-OH is 1. The van der Waals surface area contributed by atoms with E-state index in [2.05, 4.69) is 23.8 Å². The fourth-order valence-electron chi connectivity index (χ4n) is 4.93. The van der Waals surface area contributed by atoms with E-state index in [0.717, 1.165) is 17.8 Å². The largest absolute Gasteiger partial charge is 0.505 e. The number of thiazole rings is 1. The number of rotatable bonds is 9. The molecule has 11 heteroatoms. The molecule has 1 amide bonds. The Labute approximate surface area is 247 Å². The van der Waals surface area contributed by atoms with Gasteiger partial charge in [0.2, 0.25) is 0 Å². The molecule has 3 aromatic heterocycles. The number of Topliss-reactive ketones (excluding diaryl/α,β-unsaturated/α-hetero) is 1. The van der Waals surface area contributed by atoms with Crippen molar-refractivity contribution < 1.29 is 29.0 Å². The van der Waals surface area contributed by atoms with Crippen LogP contribution in [-0.4, -0.2) is 50.3 Å². The minimum Gasteiger partial charge on any atom is -0.505 e. The number of nitrogens with zero attached hydrogens (tertiary/aromatic N) is 4. The monoisotopic (exact) mass is 588 g/mol. The highest BCUT2D eigenvalue weighted by Gasteiger charge is 2.49. The van der Waals surface area contributed by atoms with E-state index in [1.165, 1.54) is 4.90 Å². The van der Waals surface area contributed by atoms with Gasteiger partial charge in [0.05, 0.1) is 36.2 Å². The molecule has 0 aliphatic carbocycles. The number of carbonyl (C=O) groups excluding carboxylic acids is 3. The van der Waals surface area contributed by atoms with E-state index in [-0.39, 0.29) is 27.9 Å². The predicted octanol–water partition coefficient (Wildman–Crippen LogP) is 5.64. The van der Waals surface area contributed by atoms with Gasteiger partial charge in [-0.25, -0.2) is 14.8 Å². The molecule has 1 aromatic carbocycles. The number of imidazole rings is 1. The minimum absolute atomic E-state index is 0.112. The third kappa shape index (κ3) is 5.27. The van der Waals surface area contributed by atoms with Crippen molar-refractivity contribution in [2.45, 2.75) is 47.1 Å². The van der Waals surface area contributed by atoms with Crippen LogP contribution in [0.1, 0.15) is 65.6 Å². The summed E-state index contributed by atoms with van der Waals surface area (Å²) in [4.78, 5) is 50.5. The summed E-state index contributed by atoms with van der Waals surface area (Å²) in [7, 11) is 0. The Balaban J connectivity index is 1.69. The number of ether oxygens (including phenoxy) is 2. The zero-order valence-electron chi connectivity index (χ0n) is 24.1. The van der Waals surface area contributed by atoms with E-state index >= 15 is 0 Å². The molecule has 1 atom stereocenters. The van der Waals surface area contributed by atoms with E-state index < -0.39 is 23.7 Å². The summed E-state index contributed by atoms with van der Waals surface area (Å²) in [5.74, 6) is -1.65. The van der Waals surface area contributed by atoms with Crippen LogP contribution in [0.25, 0.3) is 11.4 Å². The molecule has 0 saturated carbocycles. The van der Waals surface area contributed by atoms with Crippen molar-refractivity contribution in [3.8, 4) is 5.75 Å². The van der Waals surface area contributed by atoms with Gasteiger partial charge in [-0.05, 0) is 62.9 Å². The summed E-state index contributed by atoms with van der Waals surface area (Å²) < 4.78 is 12.8. The maximum atomic E-state index is 13.7. The number of aryl methyl sites for hydroxylation is 2. The second-order valence-electron chi connectivity index (χ2n) is 10.4. The summed E-state index contributed by atoms with van der Waals surface area (Å²) >= 11 is 0.961. The first-order chi connectivity index (χ1) is 20.1. The van der Waals surface area contributed by atoms with Gasteiger partial charge in [0.1, 0.15) is 22.0 Å². The molecule has 0 bridgehead atoms. The van der Waals surface area contributed by atoms with Gasteiger partial charge in [0.25, 0.3) is 5.78 Å². The number of anilines is 1. The molecule has 4 aromatic rings. The van der Waals surface area contributed by atoms with Crippen LogP contribution in [0, 0.1) is 19.8 Å². The standard InChI is InChI=1S/C31H32N4O6S/c1-6-40-30(39)28-19(5)33-31(42-28)35-25(20-10-9-11-21(16-20)41-15-13-17(2)3)23(27(37)29(35)38)26(36)24-18(4)32-22-12-7-8-14-34(22)24/h7-12,14,16-17,25,36H,6,13,15H2,1-5H3.